The van der Waals surface area contributed by atoms with Gasteiger partial charge >= 0.3 is 0 Å². The van der Waals surface area contributed by atoms with Gasteiger partial charge in [-0.1, -0.05) is 6.07 Å². The summed E-state index contributed by atoms with van der Waals surface area (Å²) in [5.74, 6) is 0.999. The van der Waals surface area contributed by atoms with Crippen LogP contribution in [0.5, 0.6) is 5.75 Å². The van der Waals surface area contributed by atoms with Crippen molar-refractivity contribution in [1.82, 2.24) is 0 Å². The van der Waals surface area contributed by atoms with Crippen LogP contribution in [0.15, 0.2) is 16.6 Å². The van der Waals surface area contributed by atoms with E-state index in [0.29, 0.717) is 0 Å². The molecule has 0 aliphatic carbocycles. The van der Waals surface area contributed by atoms with Gasteiger partial charge in [0.1, 0.15) is 11.4 Å². The number of fused-ring (bicyclic) bond motifs is 1. The molecule has 1 heterocycles. The number of nitrogens with two attached hydrogens (primary N) is 1. The van der Waals surface area contributed by atoms with E-state index in [0.717, 1.165) is 23.1 Å². The molecule has 0 radical (unpaired) electrons. The summed E-state index contributed by atoms with van der Waals surface area (Å²) in [6.07, 6.45) is 1.88. The normalized spacial score (nSPS) is 19.1. The van der Waals surface area contributed by atoms with E-state index in [9.17, 15) is 0 Å². The van der Waals surface area contributed by atoms with Crippen LogP contribution in [0, 0.1) is 0 Å². The zero-order chi connectivity index (χ0) is 11.9. The van der Waals surface area contributed by atoms with Crippen molar-refractivity contribution in [1.29, 1.82) is 0 Å². The molecule has 0 saturated heterocycles. The molecule has 1 atom stereocenters. The predicted molar refractivity (Wildman–Crippen MR) is 69.9 cm³/mol. The molecule has 1 aliphatic rings. The lowest BCUT2D eigenvalue weighted by molar-refractivity contribution is 0.137. The second kappa shape index (κ2) is 4.04. The summed E-state index contributed by atoms with van der Waals surface area (Å²) in [5, 5.41) is 0. The molecule has 88 valence electrons. The van der Waals surface area contributed by atoms with Gasteiger partial charge in [-0.25, -0.2) is 0 Å². The van der Waals surface area contributed by atoms with Gasteiger partial charge in [0.05, 0.1) is 4.47 Å². The number of hydrogen-bond donors (Lipinski definition) is 1. The number of hydrogen-bond acceptors (Lipinski definition) is 2. The highest BCUT2D eigenvalue weighted by atomic mass is 79.9. The molecule has 0 amide bonds. The summed E-state index contributed by atoms with van der Waals surface area (Å²) >= 11 is 3.57. The van der Waals surface area contributed by atoms with Gasteiger partial charge in [-0.3, -0.25) is 0 Å². The second-order valence-corrected chi connectivity index (χ2v) is 6.14. The Kier molecular flexibility index (Phi) is 3.01. The molecule has 0 bridgehead atoms. The number of halogens is 1. The van der Waals surface area contributed by atoms with Crippen LogP contribution >= 0.6 is 15.9 Å². The molecular formula is C13H18BrNO. The molecule has 1 aliphatic heterocycles. The molecule has 2 rings (SSSR count). The highest BCUT2D eigenvalue weighted by Crippen LogP contribution is 2.41. The minimum atomic E-state index is -0.0855. The van der Waals surface area contributed by atoms with Gasteiger partial charge < -0.3 is 10.5 Å². The molecule has 1 aromatic rings. The third kappa shape index (κ3) is 2.41. The maximum absolute atomic E-state index is 5.91. The van der Waals surface area contributed by atoms with Gasteiger partial charge in [-0.05, 0) is 60.3 Å². The van der Waals surface area contributed by atoms with E-state index in [1.165, 1.54) is 11.1 Å². The molecule has 16 heavy (non-hydrogen) atoms. The summed E-state index contributed by atoms with van der Waals surface area (Å²) in [6.45, 7) is 6.26. The van der Waals surface area contributed by atoms with Crippen LogP contribution in [0.4, 0.5) is 0 Å². The van der Waals surface area contributed by atoms with E-state index in [2.05, 4.69) is 41.9 Å². The SMILES string of the molecule is CC(N)Cc1cc(Br)c2c(c1)CC(C)(C)O2. The summed E-state index contributed by atoms with van der Waals surface area (Å²) in [5.41, 5.74) is 8.31. The Bertz CT molecular complexity index is 413. The maximum Gasteiger partial charge on any atom is 0.137 e. The Morgan fingerprint density at radius 3 is 2.81 bits per heavy atom. The van der Waals surface area contributed by atoms with E-state index >= 15 is 0 Å². The molecule has 0 fully saturated rings. The van der Waals surface area contributed by atoms with E-state index in [1.54, 1.807) is 0 Å². The molecule has 1 unspecified atom stereocenters. The number of benzene rings is 1. The van der Waals surface area contributed by atoms with Crippen molar-refractivity contribution in [2.75, 3.05) is 0 Å². The van der Waals surface area contributed by atoms with Crippen LogP contribution in [-0.2, 0) is 12.8 Å². The van der Waals surface area contributed by atoms with Crippen LogP contribution in [0.1, 0.15) is 31.9 Å². The van der Waals surface area contributed by atoms with Crippen molar-refractivity contribution >= 4 is 15.9 Å². The van der Waals surface area contributed by atoms with Gasteiger partial charge in [0.2, 0.25) is 0 Å². The molecule has 2 nitrogen and oxygen atoms in total. The summed E-state index contributed by atoms with van der Waals surface area (Å²) in [4.78, 5) is 0. The summed E-state index contributed by atoms with van der Waals surface area (Å²) in [6, 6.07) is 4.53. The Morgan fingerprint density at radius 2 is 2.19 bits per heavy atom. The van der Waals surface area contributed by atoms with Crippen molar-refractivity contribution in [2.45, 2.75) is 45.3 Å². The monoisotopic (exact) mass is 283 g/mol. The average molecular weight is 284 g/mol. The fourth-order valence-electron chi connectivity index (χ4n) is 2.22. The lowest BCUT2D eigenvalue weighted by Crippen LogP contribution is -2.24. The zero-order valence-electron chi connectivity index (χ0n) is 10.0. The Labute approximate surface area is 105 Å². The third-order valence-electron chi connectivity index (χ3n) is 2.73. The van der Waals surface area contributed by atoms with Crippen molar-refractivity contribution in [3.8, 4) is 5.75 Å². The Morgan fingerprint density at radius 1 is 1.50 bits per heavy atom. The quantitative estimate of drug-likeness (QED) is 0.906. The van der Waals surface area contributed by atoms with E-state index in [1.807, 2.05) is 6.92 Å². The zero-order valence-corrected chi connectivity index (χ0v) is 11.6. The lowest BCUT2D eigenvalue weighted by atomic mass is 9.98. The molecule has 0 saturated carbocycles. The molecule has 0 aromatic heterocycles. The summed E-state index contributed by atoms with van der Waals surface area (Å²) in [7, 11) is 0. The van der Waals surface area contributed by atoms with Crippen molar-refractivity contribution in [2.24, 2.45) is 5.73 Å². The fraction of sp³-hybridized carbons (Fsp3) is 0.538. The van der Waals surface area contributed by atoms with E-state index < -0.39 is 0 Å². The molecule has 1 aromatic carbocycles. The first-order valence-corrected chi connectivity index (χ1v) is 6.42. The van der Waals surface area contributed by atoms with Crippen LogP contribution in [0.3, 0.4) is 0 Å². The Hall–Kier alpha value is -0.540. The first-order valence-electron chi connectivity index (χ1n) is 5.63. The molecule has 2 N–H and O–H groups in total. The van der Waals surface area contributed by atoms with Gasteiger partial charge in [-0.2, -0.15) is 0 Å². The number of ether oxygens (including phenoxy) is 1. The van der Waals surface area contributed by atoms with Gasteiger partial charge in [0.15, 0.2) is 0 Å². The van der Waals surface area contributed by atoms with E-state index in [4.69, 9.17) is 10.5 Å². The third-order valence-corrected chi connectivity index (χ3v) is 3.32. The lowest BCUT2D eigenvalue weighted by Gasteiger charge is -2.17. The first kappa shape index (κ1) is 11.9. The van der Waals surface area contributed by atoms with Crippen LogP contribution in [0.25, 0.3) is 0 Å². The predicted octanol–water partition coefficient (Wildman–Crippen LogP) is 3.05. The smallest absolute Gasteiger partial charge is 0.137 e. The highest BCUT2D eigenvalue weighted by molar-refractivity contribution is 9.10. The van der Waals surface area contributed by atoms with Crippen LogP contribution in [-0.4, -0.2) is 11.6 Å². The number of rotatable bonds is 2. The minimum absolute atomic E-state index is 0.0855. The van der Waals surface area contributed by atoms with Crippen molar-refractivity contribution in [3.05, 3.63) is 27.7 Å². The topological polar surface area (TPSA) is 35.2 Å². The Balaban J connectivity index is 2.34. The molecular weight excluding hydrogens is 266 g/mol. The maximum atomic E-state index is 5.91. The van der Waals surface area contributed by atoms with E-state index in [-0.39, 0.29) is 11.6 Å². The van der Waals surface area contributed by atoms with Crippen molar-refractivity contribution in [3.63, 3.8) is 0 Å². The molecule has 0 spiro atoms. The van der Waals surface area contributed by atoms with Crippen LogP contribution in [0.2, 0.25) is 0 Å². The van der Waals surface area contributed by atoms with Gasteiger partial charge in [0, 0.05) is 12.5 Å². The first-order chi connectivity index (χ1) is 7.37. The highest BCUT2D eigenvalue weighted by Gasteiger charge is 2.31. The minimum Gasteiger partial charge on any atom is -0.486 e. The van der Waals surface area contributed by atoms with Gasteiger partial charge in [-0.15, -0.1) is 0 Å². The van der Waals surface area contributed by atoms with Crippen LogP contribution < -0.4 is 10.5 Å². The fourth-order valence-corrected chi connectivity index (χ4v) is 2.85. The standard InChI is InChI=1S/C13H18BrNO/c1-8(15)4-9-5-10-7-13(2,3)16-12(10)11(14)6-9/h5-6,8H,4,7,15H2,1-3H3. The second-order valence-electron chi connectivity index (χ2n) is 5.29. The largest absolute Gasteiger partial charge is 0.486 e. The van der Waals surface area contributed by atoms with Gasteiger partial charge in [0.25, 0.3) is 0 Å². The average Bonchev–Trinajstić information content (AvgIpc) is 2.38. The molecule has 3 heteroatoms. The summed E-state index contributed by atoms with van der Waals surface area (Å²) < 4.78 is 6.95. The van der Waals surface area contributed by atoms with Crippen molar-refractivity contribution < 1.29 is 4.74 Å².